The number of aliphatic carboxylic acids is 1. The van der Waals surface area contributed by atoms with E-state index in [2.05, 4.69) is 20.6 Å². The first-order chi connectivity index (χ1) is 16.0. The van der Waals surface area contributed by atoms with Crippen molar-refractivity contribution in [1.29, 1.82) is 0 Å². The first-order valence-corrected chi connectivity index (χ1v) is 11.0. The molecule has 1 saturated heterocycles. The van der Waals surface area contributed by atoms with Gasteiger partial charge < -0.3 is 14.5 Å². The highest BCUT2D eigenvalue weighted by molar-refractivity contribution is 5.99. The van der Waals surface area contributed by atoms with Crippen LogP contribution in [-0.4, -0.2) is 55.3 Å². The second kappa shape index (κ2) is 8.72. The summed E-state index contributed by atoms with van der Waals surface area (Å²) in [5, 5.41) is 24.3. The number of hydrogen-bond acceptors (Lipinski definition) is 8. The van der Waals surface area contributed by atoms with Gasteiger partial charge in [-0.15, -0.1) is 10.2 Å². The van der Waals surface area contributed by atoms with E-state index in [1.807, 2.05) is 4.90 Å². The first kappa shape index (κ1) is 21.2. The number of carbonyl (C=O) groups is 2. The van der Waals surface area contributed by atoms with E-state index in [0.29, 0.717) is 43.2 Å². The Morgan fingerprint density at radius 1 is 1.15 bits per heavy atom. The number of aromatic nitrogens is 5. The van der Waals surface area contributed by atoms with Crippen LogP contribution in [0, 0.1) is 17.7 Å². The zero-order valence-electron chi connectivity index (χ0n) is 17.9. The van der Waals surface area contributed by atoms with Crippen LogP contribution in [0.2, 0.25) is 0 Å². The van der Waals surface area contributed by atoms with Gasteiger partial charge in [-0.1, -0.05) is 11.2 Å². The molecule has 2 fully saturated rings. The Hall–Kier alpha value is -3.63. The molecular weight excluding hydrogens is 431 g/mol. The van der Waals surface area contributed by atoms with Crippen LogP contribution in [0.15, 0.2) is 28.8 Å². The van der Waals surface area contributed by atoms with Crippen LogP contribution in [-0.2, 0) is 17.8 Å². The van der Waals surface area contributed by atoms with Crippen molar-refractivity contribution >= 4 is 17.6 Å². The lowest BCUT2D eigenvalue weighted by Crippen LogP contribution is -2.36. The van der Waals surface area contributed by atoms with Crippen molar-refractivity contribution in [2.75, 3.05) is 18.0 Å². The number of ketones is 1. The number of carboxylic acids is 1. The summed E-state index contributed by atoms with van der Waals surface area (Å²) in [5.74, 6) is 0.0384. The van der Waals surface area contributed by atoms with Gasteiger partial charge >= 0.3 is 5.97 Å². The normalized spacial score (nSPS) is 16.8. The first-order valence-electron chi connectivity index (χ1n) is 11.0. The van der Waals surface area contributed by atoms with E-state index in [9.17, 15) is 14.0 Å². The van der Waals surface area contributed by atoms with E-state index in [1.165, 1.54) is 25.0 Å². The second-order valence-electron chi connectivity index (χ2n) is 8.66. The number of halogens is 1. The number of nitrogens with zero attached hydrogens (tertiary/aromatic N) is 6. The fourth-order valence-electron chi connectivity index (χ4n) is 4.23. The summed E-state index contributed by atoms with van der Waals surface area (Å²) in [6, 6.07) is 6.26. The molecule has 0 unspecified atom stereocenters. The lowest BCUT2D eigenvalue weighted by Gasteiger charge is -2.31. The van der Waals surface area contributed by atoms with Gasteiger partial charge in [-0.3, -0.25) is 9.59 Å². The Morgan fingerprint density at radius 2 is 1.94 bits per heavy atom. The third kappa shape index (κ3) is 4.76. The minimum atomic E-state index is -1.08. The van der Waals surface area contributed by atoms with Gasteiger partial charge in [-0.25, -0.2) is 4.39 Å². The average molecular weight is 454 g/mol. The van der Waals surface area contributed by atoms with Crippen LogP contribution in [0.25, 0.3) is 11.6 Å². The van der Waals surface area contributed by atoms with Crippen LogP contribution in [0.1, 0.15) is 41.6 Å². The van der Waals surface area contributed by atoms with Crippen molar-refractivity contribution in [2.24, 2.45) is 11.8 Å². The quantitative estimate of drug-likeness (QED) is 0.511. The van der Waals surface area contributed by atoms with Crippen LogP contribution in [0.5, 0.6) is 0 Å². The van der Waals surface area contributed by atoms with Crippen molar-refractivity contribution in [2.45, 2.75) is 38.6 Å². The highest BCUT2D eigenvalue weighted by atomic mass is 19.1. The zero-order valence-corrected chi connectivity index (χ0v) is 17.9. The predicted octanol–water partition coefficient (Wildman–Crippen LogP) is 2.60. The minimum absolute atomic E-state index is 0.0184. The van der Waals surface area contributed by atoms with Gasteiger partial charge in [0.25, 0.3) is 0 Å². The molecule has 33 heavy (non-hydrogen) atoms. The van der Waals surface area contributed by atoms with Gasteiger partial charge in [-0.05, 0) is 60.9 Å². The monoisotopic (exact) mass is 454 g/mol. The van der Waals surface area contributed by atoms with Gasteiger partial charge in [0.05, 0.1) is 0 Å². The highest BCUT2D eigenvalue weighted by Gasteiger charge is 2.30. The number of carboxylic acid groups (broad SMARTS) is 1. The summed E-state index contributed by atoms with van der Waals surface area (Å²) in [5.41, 5.74) is 1.48. The molecule has 0 spiro atoms. The maximum atomic E-state index is 13.9. The van der Waals surface area contributed by atoms with Crippen LogP contribution >= 0.6 is 0 Å². The molecule has 1 aliphatic carbocycles. The van der Waals surface area contributed by atoms with Crippen LogP contribution < -0.4 is 4.90 Å². The molecule has 1 aromatic carbocycles. The summed E-state index contributed by atoms with van der Waals surface area (Å²) >= 11 is 0. The van der Waals surface area contributed by atoms with Crippen LogP contribution in [0.4, 0.5) is 10.2 Å². The fraction of sp³-hybridized carbons (Fsp3) is 0.455. The lowest BCUT2D eigenvalue weighted by molar-refractivity contribution is -0.138. The fourth-order valence-corrected chi connectivity index (χ4v) is 4.23. The Kier molecular flexibility index (Phi) is 5.61. The topological polar surface area (TPSA) is 127 Å². The van der Waals surface area contributed by atoms with E-state index in [-0.39, 0.29) is 29.1 Å². The standard InChI is InChI=1S/C22H23FN6O4/c23-16-4-3-15(9-13-1-2-13)17(10-16)21(32)14-5-7-28(8-6-14)19-11-18(33-26-19)22-24-27-29(25-22)12-20(30)31/h3-4,10-11,13-14H,1-2,5-9,12H2,(H,30,31). The Bertz CT molecular complexity index is 1180. The molecule has 3 heterocycles. The molecule has 1 aliphatic heterocycles. The molecule has 11 heteroatoms. The number of Topliss-reactive ketones (excluding diaryl/α,β-unsaturated/α-hetero) is 1. The van der Waals surface area contributed by atoms with Gasteiger partial charge in [0.1, 0.15) is 5.82 Å². The van der Waals surface area contributed by atoms with Crippen molar-refractivity contribution in [1.82, 2.24) is 25.4 Å². The van der Waals surface area contributed by atoms with Crippen molar-refractivity contribution in [3.05, 3.63) is 41.2 Å². The summed E-state index contributed by atoms with van der Waals surface area (Å²) in [6.45, 7) is 0.812. The molecule has 0 bridgehead atoms. The molecule has 1 N–H and O–H groups in total. The molecule has 3 aromatic rings. The molecule has 0 amide bonds. The average Bonchev–Trinajstić information content (AvgIpc) is 3.28. The van der Waals surface area contributed by atoms with Crippen molar-refractivity contribution < 1.29 is 23.6 Å². The summed E-state index contributed by atoms with van der Waals surface area (Å²) in [6.07, 6.45) is 4.46. The molecule has 0 radical (unpaired) electrons. The Morgan fingerprint density at radius 3 is 2.67 bits per heavy atom. The van der Waals surface area contributed by atoms with Crippen molar-refractivity contribution in [3.8, 4) is 11.6 Å². The van der Waals surface area contributed by atoms with Crippen LogP contribution in [0.3, 0.4) is 0 Å². The number of rotatable bonds is 8. The third-order valence-electron chi connectivity index (χ3n) is 6.18. The molecule has 5 rings (SSSR count). The largest absolute Gasteiger partial charge is 0.480 e. The van der Waals surface area contributed by atoms with Gasteiger partial charge in [0, 0.05) is 30.6 Å². The maximum Gasteiger partial charge on any atom is 0.327 e. The number of anilines is 1. The van der Waals surface area contributed by atoms with E-state index < -0.39 is 12.5 Å². The predicted molar refractivity (Wildman–Crippen MR) is 113 cm³/mol. The summed E-state index contributed by atoms with van der Waals surface area (Å²) in [4.78, 5) is 26.9. The SMILES string of the molecule is O=C(O)Cn1nnc(-c2cc(N3CCC(C(=O)c4cc(F)ccc4CC4CC4)CC3)no2)n1. The number of piperidine rings is 1. The van der Waals surface area contributed by atoms with Gasteiger partial charge in [-0.2, -0.15) is 4.80 Å². The Labute approximate surface area is 188 Å². The third-order valence-corrected chi connectivity index (χ3v) is 6.18. The van der Waals surface area contributed by atoms with E-state index >= 15 is 0 Å². The summed E-state index contributed by atoms with van der Waals surface area (Å²) < 4.78 is 19.2. The van der Waals surface area contributed by atoms with Gasteiger partial charge in [0.2, 0.25) is 11.6 Å². The van der Waals surface area contributed by atoms with E-state index in [0.717, 1.165) is 16.8 Å². The van der Waals surface area contributed by atoms with Crippen molar-refractivity contribution in [3.63, 3.8) is 0 Å². The number of hydrogen-bond donors (Lipinski definition) is 1. The van der Waals surface area contributed by atoms with Gasteiger partial charge in [0.15, 0.2) is 18.1 Å². The molecule has 1 saturated carbocycles. The zero-order chi connectivity index (χ0) is 22.9. The molecular formula is C22H23FN6O4. The number of carbonyl (C=O) groups excluding carboxylic acids is 1. The smallest absolute Gasteiger partial charge is 0.327 e. The Balaban J connectivity index is 1.23. The number of benzene rings is 1. The molecule has 2 aliphatic rings. The summed E-state index contributed by atoms with van der Waals surface area (Å²) in [7, 11) is 0. The molecule has 10 nitrogen and oxygen atoms in total. The highest BCUT2D eigenvalue weighted by Crippen LogP contribution is 2.35. The lowest BCUT2D eigenvalue weighted by atomic mass is 9.86. The van der Waals surface area contributed by atoms with E-state index in [4.69, 9.17) is 9.63 Å². The molecule has 2 aromatic heterocycles. The molecule has 0 atom stereocenters. The second-order valence-corrected chi connectivity index (χ2v) is 8.66. The minimum Gasteiger partial charge on any atom is -0.480 e. The van der Waals surface area contributed by atoms with E-state index in [1.54, 1.807) is 12.1 Å². The maximum absolute atomic E-state index is 13.9. The molecule has 172 valence electrons. The number of tetrazole rings is 1.